The number of pyridine rings is 2. The summed E-state index contributed by atoms with van der Waals surface area (Å²) in [4.78, 5) is 20.5. The van der Waals surface area contributed by atoms with Crippen LogP contribution in [0.3, 0.4) is 0 Å². The monoisotopic (exact) mass is 448 g/mol. The van der Waals surface area contributed by atoms with Crippen LogP contribution in [0.15, 0.2) is 30.5 Å². The van der Waals surface area contributed by atoms with Crippen molar-refractivity contribution >= 4 is 17.6 Å². The molecule has 9 heteroatoms. The number of nitrogens with zero attached hydrogens (tertiary/aromatic N) is 5. The van der Waals surface area contributed by atoms with E-state index in [1.807, 2.05) is 32.3 Å². The first-order valence-corrected chi connectivity index (χ1v) is 11.5. The standard InChI is InChI=1S/C24H28N6O3/c1-14-20(33-18-5-3-4-17(12-18)24(31)32)9-8-19(26-14)22-23(30(2)29-28-22)27-21-13-16(10-11-25-21)15-6-7-15/h8-11,13,15,17-18H,3-7,12H2,1-2H3,(H,25,27)(H,31,32)/t17-,18-/m0/s1. The number of hydrogen-bond acceptors (Lipinski definition) is 7. The van der Waals surface area contributed by atoms with Crippen molar-refractivity contribution in [3.63, 3.8) is 0 Å². The van der Waals surface area contributed by atoms with Gasteiger partial charge in [-0.25, -0.2) is 14.6 Å². The normalized spacial score (nSPS) is 20.4. The maximum absolute atomic E-state index is 11.3. The van der Waals surface area contributed by atoms with Gasteiger partial charge in [-0.1, -0.05) is 5.21 Å². The van der Waals surface area contributed by atoms with Crippen molar-refractivity contribution < 1.29 is 14.6 Å². The maximum Gasteiger partial charge on any atom is 0.306 e. The molecular weight excluding hydrogens is 420 g/mol. The fourth-order valence-electron chi connectivity index (χ4n) is 4.44. The van der Waals surface area contributed by atoms with Gasteiger partial charge < -0.3 is 15.2 Å². The van der Waals surface area contributed by atoms with Crippen LogP contribution >= 0.6 is 0 Å². The van der Waals surface area contributed by atoms with Crippen molar-refractivity contribution in [2.24, 2.45) is 13.0 Å². The number of carboxylic acid groups (broad SMARTS) is 1. The largest absolute Gasteiger partial charge is 0.489 e. The zero-order valence-corrected chi connectivity index (χ0v) is 18.9. The number of hydrogen-bond donors (Lipinski definition) is 2. The summed E-state index contributed by atoms with van der Waals surface area (Å²) < 4.78 is 7.81. The van der Waals surface area contributed by atoms with Crippen LogP contribution in [0.1, 0.15) is 55.7 Å². The lowest BCUT2D eigenvalue weighted by Gasteiger charge is -2.27. The van der Waals surface area contributed by atoms with Crippen LogP contribution in [-0.2, 0) is 11.8 Å². The van der Waals surface area contributed by atoms with E-state index >= 15 is 0 Å². The Balaban J connectivity index is 1.34. The van der Waals surface area contributed by atoms with Gasteiger partial charge in [0.1, 0.15) is 11.6 Å². The zero-order valence-electron chi connectivity index (χ0n) is 18.9. The van der Waals surface area contributed by atoms with Crippen molar-refractivity contribution in [3.05, 3.63) is 41.7 Å². The molecule has 3 heterocycles. The molecule has 2 saturated carbocycles. The van der Waals surface area contributed by atoms with E-state index in [-0.39, 0.29) is 12.0 Å². The predicted molar refractivity (Wildman–Crippen MR) is 122 cm³/mol. The number of aryl methyl sites for hydroxylation is 2. The molecule has 3 aromatic rings. The number of aromatic nitrogens is 5. The van der Waals surface area contributed by atoms with Crippen LogP contribution in [0.4, 0.5) is 11.6 Å². The molecule has 0 spiro atoms. The Kier molecular flexibility index (Phi) is 5.70. The van der Waals surface area contributed by atoms with E-state index in [1.54, 1.807) is 4.68 Å². The third-order valence-electron chi connectivity index (χ3n) is 6.45. The second-order valence-electron chi connectivity index (χ2n) is 9.01. The Labute approximate surface area is 192 Å². The Bertz CT molecular complexity index is 1170. The number of carboxylic acids is 1. The molecule has 9 nitrogen and oxygen atoms in total. The Morgan fingerprint density at radius 3 is 2.82 bits per heavy atom. The first-order valence-electron chi connectivity index (χ1n) is 11.5. The van der Waals surface area contributed by atoms with Gasteiger partial charge in [0.15, 0.2) is 11.5 Å². The average molecular weight is 449 g/mol. The highest BCUT2D eigenvalue weighted by molar-refractivity contribution is 5.72. The lowest BCUT2D eigenvalue weighted by molar-refractivity contribution is -0.143. The van der Waals surface area contributed by atoms with E-state index in [1.165, 1.54) is 18.4 Å². The first kappa shape index (κ1) is 21.4. The Morgan fingerprint density at radius 1 is 1.21 bits per heavy atom. The fourth-order valence-corrected chi connectivity index (χ4v) is 4.44. The third kappa shape index (κ3) is 4.67. The Hall–Kier alpha value is -3.49. The molecule has 172 valence electrons. The van der Waals surface area contributed by atoms with Crippen molar-refractivity contribution in [1.82, 2.24) is 25.0 Å². The number of ether oxygens (including phenoxy) is 1. The topological polar surface area (TPSA) is 115 Å². The number of aliphatic carboxylic acids is 1. The highest BCUT2D eigenvalue weighted by atomic mass is 16.5. The summed E-state index contributed by atoms with van der Waals surface area (Å²) in [5.41, 5.74) is 3.35. The summed E-state index contributed by atoms with van der Waals surface area (Å²) >= 11 is 0. The lowest BCUT2D eigenvalue weighted by atomic mass is 9.87. The minimum atomic E-state index is -0.742. The lowest BCUT2D eigenvalue weighted by Crippen LogP contribution is -2.29. The summed E-state index contributed by atoms with van der Waals surface area (Å²) in [5, 5.41) is 21.2. The summed E-state index contributed by atoms with van der Waals surface area (Å²) in [6.45, 7) is 1.89. The molecule has 2 aliphatic rings. The molecule has 2 N–H and O–H groups in total. The van der Waals surface area contributed by atoms with Gasteiger partial charge in [-0.2, -0.15) is 0 Å². The molecule has 2 atom stereocenters. The molecule has 0 unspecified atom stereocenters. The molecule has 2 aliphatic carbocycles. The van der Waals surface area contributed by atoms with Crippen LogP contribution < -0.4 is 10.1 Å². The number of anilines is 2. The molecule has 0 aromatic carbocycles. The number of nitrogens with one attached hydrogen (secondary N) is 1. The van der Waals surface area contributed by atoms with Crippen molar-refractivity contribution in [2.45, 2.75) is 57.5 Å². The van der Waals surface area contributed by atoms with Crippen LogP contribution in [0.25, 0.3) is 11.4 Å². The highest BCUT2D eigenvalue weighted by Gasteiger charge is 2.29. The van der Waals surface area contributed by atoms with Gasteiger partial charge in [-0.15, -0.1) is 5.10 Å². The smallest absolute Gasteiger partial charge is 0.306 e. The maximum atomic E-state index is 11.3. The van der Waals surface area contributed by atoms with Crippen molar-refractivity contribution in [3.8, 4) is 17.1 Å². The minimum absolute atomic E-state index is 0.107. The second-order valence-corrected chi connectivity index (χ2v) is 9.01. The summed E-state index contributed by atoms with van der Waals surface area (Å²) in [6.07, 6.45) is 7.15. The molecule has 5 rings (SSSR count). The first-order chi connectivity index (χ1) is 16.0. The van der Waals surface area contributed by atoms with E-state index in [2.05, 4.69) is 32.7 Å². The van der Waals surface area contributed by atoms with Crippen LogP contribution in [0, 0.1) is 12.8 Å². The van der Waals surface area contributed by atoms with Gasteiger partial charge in [-0.3, -0.25) is 4.79 Å². The molecule has 0 aliphatic heterocycles. The van der Waals surface area contributed by atoms with Gasteiger partial charge in [-0.05, 0) is 81.2 Å². The van der Waals surface area contributed by atoms with E-state index in [0.29, 0.717) is 41.7 Å². The van der Waals surface area contributed by atoms with Gasteiger partial charge in [0.2, 0.25) is 0 Å². The third-order valence-corrected chi connectivity index (χ3v) is 6.45. The molecule has 3 aromatic heterocycles. The zero-order chi connectivity index (χ0) is 22.9. The average Bonchev–Trinajstić information content (AvgIpc) is 3.60. The minimum Gasteiger partial charge on any atom is -0.489 e. The van der Waals surface area contributed by atoms with Crippen LogP contribution in [-0.4, -0.2) is 42.1 Å². The molecule has 2 fully saturated rings. The van der Waals surface area contributed by atoms with Gasteiger partial charge in [0.05, 0.1) is 23.4 Å². The van der Waals surface area contributed by atoms with Crippen molar-refractivity contribution in [1.29, 1.82) is 0 Å². The van der Waals surface area contributed by atoms with Crippen molar-refractivity contribution in [2.75, 3.05) is 5.32 Å². The second kappa shape index (κ2) is 8.80. The quantitative estimate of drug-likeness (QED) is 0.552. The fraction of sp³-hybridized carbons (Fsp3) is 0.458. The van der Waals surface area contributed by atoms with E-state index in [4.69, 9.17) is 9.72 Å². The summed E-state index contributed by atoms with van der Waals surface area (Å²) in [6, 6.07) is 7.90. The SMILES string of the molecule is Cc1nc(-c2nnn(C)c2Nc2cc(C3CC3)ccn2)ccc1O[C@H]1CCC[C@H](C(=O)O)C1. The molecule has 0 saturated heterocycles. The molecule has 0 amide bonds. The van der Waals surface area contributed by atoms with Crippen LogP contribution in [0.5, 0.6) is 5.75 Å². The van der Waals surface area contributed by atoms with E-state index < -0.39 is 5.97 Å². The number of carbonyl (C=O) groups is 1. The number of rotatable bonds is 7. The van der Waals surface area contributed by atoms with Gasteiger partial charge in [0.25, 0.3) is 0 Å². The Morgan fingerprint density at radius 2 is 2.06 bits per heavy atom. The van der Waals surface area contributed by atoms with Gasteiger partial charge in [0, 0.05) is 13.2 Å². The highest BCUT2D eigenvalue weighted by Crippen LogP contribution is 2.40. The summed E-state index contributed by atoms with van der Waals surface area (Å²) in [7, 11) is 1.83. The molecular formula is C24H28N6O3. The molecule has 0 bridgehead atoms. The van der Waals surface area contributed by atoms with Crippen LogP contribution in [0.2, 0.25) is 0 Å². The van der Waals surface area contributed by atoms with E-state index in [0.717, 1.165) is 24.4 Å². The molecule has 33 heavy (non-hydrogen) atoms. The van der Waals surface area contributed by atoms with Gasteiger partial charge >= 0.3 is 5.97 Å². The molecule has 0 radical (unpaired) electrons. The van der Waals surface area contributed by atoms with E-state index in [9.17, 15) is 9.90 Å². The summed E-state index contributed by atoms with van der Waals surface area (Å²) in [5.74, 6) is 1.71. The predicted octanol–water partition coefficient (Wildman–Crippen LogP) is 4.22.